The van der Waals surface area contributed by atoms with Crippen LogP contribution in [0.3, 0.4) is 0 Å². The maximum atomic E-state index is 13.7. The standard InChI is InChI=1S/C20H20F6N4O3/c21-19(22,23)16-8-5-12-3-1-2-4-15(12)30(16)13-6-7-14(27-11-13)17-28-29-18(33-17)31-9-10-32-20(24,25)26/h1-5,8,13-14,16,27H,6-7,9-11H2/t13-,14+,16?/m0/s1. The molecule has 1 aromatic carbocycles. The molecule has 33 heavy (non-hydrogen) atoms. The van der Waals surface area contributed by atoms with E-state index < -0.39 is 43.9 Å². The summed E-state index contributed by atoms with van der Waals surface area (Å²) in [6.07, 6.45) is -6.02. The molecule has 7 nitrogen and oxygen atoms in total. The van der Waals surface area contributed by atoms with Crippen molar-refractivity contribution in [2.24, 2.45) is 0 Å². The van der Waals surface area contributed by atoms with Crippen molar-refractivity contribution in [3.05, 3.63) is 41.8 Å². The second kappa shape index (κ2) is 9.21. The van der Waals surface area contributed by atoms with E-state index in [0.29, 0.717) is 24.1 Å². The molecule has 0 aliphatic carbocycles. The fourth-order valence-electron chi connectivity index (χ4n) is 3.99. The van der Waals surface area contributed by atoms with Gasteiger partial charge in [-0.3, -0.25) is 4.74 Å². The number of nitrogens with one attached hydrogen (secondary N) is 1. The first-order chi connectivity index (χ1) is 15.6. The summed E-state index contributed by atoms with van der Waals surface area (Å²) in [6, 6.07) is 4.33. The van der Waals surface area contributed by atoms with Crippen LogP contribution in [0.25, 0.3) is 6.08 Å². The average molecular weight is 478 g/mol. The van der Waals surface area contributed by atoms with E-state index in [1.807, 2.05) is 0 Å². The average Bonchev–Trinajstić information content (AvgIpc) is 3.24. The first kappa shape index (κ1) is 23.4. The normalized spacial score (nSPS) is 23.5. The van der Waals surface area contributed by atoms with Crippen molar-refractivity contribution >= 4 is 11.8 Å². The van der Waals surface area contributed by atoms with E-state index in [-0.39, 0.29) is 18.5 Å². The van der Waals surface area contributed by atoms with Crippen LogP contribution in [0, 0.1) is 0 Å². The van der Waals surface area contributed by atoms with Gasteiger partial charge in [-0.2, -0.15) is 13.2 Å². The molecule has 2 aliphatic heterocycles. The molecule has 0 bridgehead atoms. The lowest BCUT2D eigenvalue weighted by Gasteiger charge is -2.44. The molecule has 1 unspecified atom stereocenters. The topological polar surface area (TPSA) is 72.7 Å². The second-order valence-corrected chi connectivity index (χ2v) is 7.55. The molecule has 0 spiro atoms. The van der Waals surface area contributed by atoms with E-state index >= 15 is 0 Å². The number of piperidine rings is 1. The lowest BCUT2D eigenvalue weighted by molar-refractivity contribution is -0.325. The van der Waals surface area contributed by atoms with Crippen LogP contribution >= 0.6 is 0 Å². The fraction of sp³-hybridized carbons (Fsp3) is 0.500. The minimum Gasteiger partial charge on any atom is -0.447 e. The smallest absolute Gasteiger partial charge is 0.447 e. The maximum absolute atomic E-state index is 13.7. The van der Waals surface area contributed by atoms with Crippen LogP contribution in [0.1, 0.15) is 30.3 Å². The fourth-order valence-corrected chi connectivity index (χ4v) is 3.99. The van der Waals surface area contributed by atoms with E-state index in [0.717, 1.165) is 0 Å². The van der Waals surface area contributed by atoms with Gasteiger partial charge in [0.05, 0.1) is 12.6 Å². The molecule has 180 valence electrons. The molecule has 13 heteroatoms. The molecule has 3 heterocycles. The van der Waals surface area contributed by atoms with Crippen molar-refractivity contribution in [2.75, 3.05) is 24.7 Å². The van der Waals surface area contributed by atoms with Crippen molar-refractivity contribution in [3.8, 4) is 6.08 Å². The van der Waals surface area contributed by atoms with Gasteiger partial charge >= 0.3 is 18.6 Å². The van der Waals surface area contributed by atoms with Crippen molar-refractivity contribution in [2.45, 2.75) is 43.5 Å². The molecule has 0 saturated carbocycles. The zero-order chi connectivity index (χ0) is 23.6. The molecule has 2 aliphatic rings. The summed E-state index contributed by atoms with van der Waals surface area (Å²) < 4.78 is 91.0. The lowest BCUT2D eigenvalue weighted by atomic mass is 9.94. The second-order valence-electron chi connectivity index (χ2n) is 7.55. The Balaban J connectivity index is 1.37. The van der Waals surface area contributed by atoms with Crippen molar-refractivity contribution in [3.63, 3.8) is 0 Å². The highest BCUT2D eigenvalue weighted by molar-refractivity contribution is 5.73. The molecule has 2 aromatic rings. The summed E-state index contributed by atoms with van der Waals surface area (Å²) in [6.45, 7) is -0.948. The van der Waals surface area contributed by atoms with Crippen molar-refractivity contribution < 1.29 is 40.2 Å². The molecule has 1 saturated heterocycles. The zero-order valence-electron chi connectivity index (χ0n) is 17.1. The van der Waals surface area contributed by atoms with Gasteiger partial charge in [-0.25, -0.2) is 0 Å². The number of aromatic nitrogens is 2. The lowest BCUT2D eigenvalue weighted by Crippen LogP contribution is -2.56. The van der Waals surface area contributed by atoms with Gasteiger partial charge in [-0.15, -0.1) is 18.3 Å². The Morgan fingerprint density at radius 3 is 2.55 bits per heavy atom. The van der Waals surface area contributed by atoms with Crippen LogP contribution in [0.15, 0.2) is 34.8 Å². The number of para-hydroxylation sites is 1. The van der Waals surface area contributed by atoms with Crippen molar-refractivity contribution in [1.29, 1.82) is 0 Å². The monoisotopic (exact) mass is 478 g/mol. The summed E-state index contributed by atoms with van der Waals surface area (Å²) >= 11 is 0. The maximum Gasteiger partial charge on any atom is 0.522 e. The Hall–Kier alpha value is -2.80. The first-order valence-corrected chi connectivity index (χ1v) is 10.1. The Labute approximate surface area is 184 Å². The Morgan fingerprint density at radius 1 is 1.06 bits per heavy atom. The van der Waals surface area contributed by atoms with Gasteiger partial charge < -0.3 is 19.4 Å². The van der Waals surface area contributed by atoms with Gasteiger partial charge in [-0.05, 0) is 24.5 Å². The predicted octanol–water partition coefficient (Wildman–Crippen LogP) is 4.24. The minimum atomic E-state index is -4.76. The van der Waals surface area contributed by atoms with E-state index in [1.165, 1.54) is 17.1 Å². The minimum absolute atomic E-state index is 0.145. The van der Waals surface area contributed by atoms with Crippen LogP contribution in [-0.2, 0) is 4.74 Å². The summed E-state index contributed by atoms with van der Waals surface area (Å²) in [5.74, 6) is 0.145. The Kier molecular flexibility index (Phi) is 6.52. The van der Waals surface area contributed by atoms with Gasteiger partial charge in [0.1, 0.15) is 12.6 Å². The quantitative estimate of drug-likeness (QED) is 0.492. The molecule has 1 N–H and O–H groups in total. The summed E-state index contributed by atoms with van der Waals surface area (Å²) in [5.41, 5.74) is 1.23. The Morgan fingerprint density at radius 2 is 1.85 bits per heavy atom. The number of benzene rings is 1. The summed E-state index contributed by atoms with van der Waals surface area (Å²) in [5, 5.41) is 10.6. The molecule has 1 aromatic heterocycles. The van der Waals surface area contributed by atoms with Gasteiger partial charge in [0.2, 0.25) is 5.89 Å². The highest BCUT2D eigenvalue weighted by Crippen LogP contribution is 2.39. The molecular formula is C20H20F6N4O3. The summed E-state index contributed by atoms with van der Waals surface area (Å²) in [7, 11) is 0. The highest BCUT2D eigenvalue weighted by atomic mass is 19.4. The number of fused-ring (bicyclic) bond motifs is 1. The molecule has 4 rings (SSSR count). The SMILES string of the molecule is FC(F)(F)OCCOc1nnc([C@H]2CC[C@H](N3c4ccccc4C=CC3C(F)(F)F)CN2)o1. The molecule has 3 atom stereocenters. The number of nitrogens with zero attached hydrogens (tertiary/aromatic N) is 3. The zero-order valence-corrected chi connectivity index (χ0v) is 17.1. The largest absolute Gasteiger partial charge is 0.522 e. The van der Waals surface area contributed by atoms with E-state index in [9.17, 15) is 26.3 Å². The van der Waals surface area contributed by atoms with Crippen LogP contribution in [-0.4, -0.2) is 54.6 Å². The van der Waals surface area contributed by atoms with Gasteiger partial charge in [-0.1, -0.05) is 35.4 Å². The van der Waals surface area contributed by atoms with E-state index in [4.69, 9.17) is 9.15 Å². The van der Waals surface area contributed by atoms with E-state index in [2.05, 4.69) is 20.3 Å². The number of ether oxygens (including phenoxy) is 2. The van der Waals surface area contributed by atoms with Crippen LogP contribution < -0.4 is 15.0 Å². The third-order valence-electron chi connectivity index (χ3n) is 5.38. The van der Waals surface area contributed by atoms with Gasteiger partial charge in [0, 0.05) is 18.3 Å². The third-order valence-corrected chi connectivity index (χ3v) is 5.38. The van der Waals surface area contributed by atoms with Crippen molar-refractivity contribution in [1.82, 2.24) is 15.5 Å². The molecular weight excluding hydrogens is 458 g/mol. The predicted molar refractivity (Wildman–Crippen MR) is 103 cm³/mol. The van der Waals surface area contributed by atoms with Crippen LogP contribution in [0.2, 0.25) is 0 Å². The number of alkyl halides is 6. The molecule has 0 amide bonds. The van der Waals surface area contributed by atoms with Crippen LogP contribution in [0.4, 0.5) is 32.0 Å². The Bertz CT molecular complexity index is 969. The van der Waals surface area contributed by atoms with Crippen LogP contribution in [0.5, 0.6) is 6.08 Å². The number of anilines is 1. The molecule has 0 radical (unpaired) electrons. The number of hydrogen-bond acceptors (Lipinski definition) is 7. The number of halogens is 6. The number of rotatable bonds is 6. The summed E-state index contributed by atoms with van der Waals surface area (Å²) in [4.78, 5) is 1.39. The number of hydrogen-bond donors (Lipinski definition) is 1. The van der Waals surface area contributed by atoms with Gasteiger partial charge in [0.15, 0.2) is 0 Å². The van der Waals surface area contributed by atoms with E-state index in [1.54, 1.807) is 24.3 Å². The highest BCUT2D eigenvalue weighted by Gasteiger charge is 2.46. The third kappa shape index (κ3) is 5.58. The molecule has 1 fully saturated rings. The first-order valence-electron chi connectivity index (χ1n) is 10.1. The van der Waals surface area contributed by atoms with Gasteiger partial charge in [0.25, 0.3) is 0 Å².